The van der Waals surface area contributed by atoms with Crippen LogP contribution in [0.25, 0.3) is 11.1 Å². The van der Waals surface area contributed by atoms with Crippen LogP contribution in [0.15, 0.2) is 54.6 Å². The van der Waals surface area contributed by atoms with E-state index in [0.29, 0.717) is 6.61 Å². The third-order valence-corrected chi connectivity index (χ3v) is 2.57. The largest absolute Gasteiger partial charge is 0.304 e. The van der Waals surface area contributed by atoms with Crippen molar-refractivity contribution in [1.29, 1.82) is 0 Å². The molecule has 0 unspecified atom stereocenters. The van der Waals surface area contributed by atoms with E-state index in [1.54, 1.807) is 0 Å². The van der Waals surface area contributed by atoms with Gasteiger partial charge in [0.25, 0.3) is 0 Å². The molecule has 2 rings (SSSR count). The van der Waals surface area contributed by atoms with E-state index in [2.05, 4.69) is 41.2 Å². The molecule has 0 radical (unpaired) electrons. The Morgan fingerprint density at radius 1 is 0.812 bits per heavy atom. The van der Waals surface area contributed by atoms with Crippen LogP contribution in [0.2, 0.25) is 0 Å². The zero-order valence-corrected chi connectivity index (χ0v) is 9.10. The second kappa shape index (κ2) is 5.45. The van der Waals surface area contributed by atoms with Gasteiger partial charge in [-0.25, -0.2) is 5.90 Å². The molecule has 0 aliphatic rings. The van der Waals surface area contributed by atoms with Gasteiger partial charge >= 0.3 is 0 Å². The molecular weight excluding hydrogens is 198 g/mol. The number of hydrogen-bond acceptors (Lipinski definition) is 2. The van der Waals surface area contributed by atoms with E-state index in [-0.39, 0.29) is 0 Å². The van der Waals surface area contributed by atoms with Crippen LogP contribution >= 0.6 is 0 Å². The predicted octanol–water partition coefficient (Wildman–Crippen LogP) is 2.79. The van der Waals surface area contributed by atoms with Crippen LogP contribution in [0.4, 0.5) is 0 Å². The molecule has 0 aliphatic carbocycles. The fourth-order valence-corrected chi connectivity index (χ4v) is 1.67. The van der Waals surface area contributed by atoms with Crippen molar-refractivity contribution in [3.63, 3.8) is 0 Å². The lowest BCUT2D eigenvalue weighted by atomic mass is 10.0. The van der Waals surface area contributed by atoms with Crippen LogP contribution in [-0.4, -0.2) is 6.61 Å². The summed E-state index contributed by atoms with van der Waals surface area (Å²) in [7, 11) is 0. The van der Waals surface area contributed by atoms with Gasteiger partial charge < -0.3 is 4.84 Å². The lowest BCUT2D eigenvalue weighted by molar-refractivity contribution is 0.141. The molecule has 0 aliphatic heterocycles. The summed E-state index contributed by atoms with van der Waals surface area (Å²) < 4.78 is 0. The molecule has 2 aromatic rings. The SMILES string of the molecule is NOCCc1ccc(-c2ccccc2)cc1. The van der Waals surface area contributed by atoms with Gasteiger partial charge in [0.05, 0.1) is 6.61 Å². The van der Waals surface area contributed by atoms with Crippen LogP contribution in [-0.2, 0) is 11.3 Å². The van der Waals surface area contributed by atoms with E-state index in [1.807, 2.05) is 18.2 Å². The maximum atomic E-state index is 5.00. The van der Waals surface area contributed by atoms with Gasteiger partial charge in [0.15, 0.2) is 0 Å². The molecule has 0 heterocycles. The van der Waals surface area contributed by atoms with E-state index < -0.39 is 0 Å². The number of benzene rings is 2. The average molecular weight is 213 g/mol. The minimum absolute atomic E-state index is 0.560. The first-order valence-electron chi connectivity index (χ1n) is 5.36. The maximum absolute atomic E-state index is 5.00. The standard InChI is InChI=1S/C14H15NO/c15-16-11-10-12-6-8-14(9-7-12)13-4-2-1-3-5-13/h1-9H,10-11,15H2. The predicted molar refractivity (Wildman–Crippen MR) is 65.7 cm³/mol. The molecule has 16 heavy (non-hydrogen) atoms. The minimum Gasteiger partial charge on any atom is -0.304 e. The average Bonchev–Trinajstić information content (AvgIpc) is 2.38. The highest BCUT2D eigenvalue weighted by Gasteiger charge is 1.97. The van der Waals surface area contributed by atoms with Crippen molar-refractivity contribution in [3.05, 3.63) is 60.2 Å². The quantitative estimate of drug-likeness (QED) is 0.792. The highest BCUT2D eigenvalue weighted by molar-refractivity contribution is 5.63. The Morgan fingerprint density at radius 2 is 1.44 bits per heavy atom. The second-order valence-corrected chi connectivity index (χ2v) is 3.68. The van der Waals surface area contributed by atoms with Crippen LogP contribution in [0.1, 0.15) is 5.56 Å². The van der Waals surface area contributed by atoms with Gasteiger partial charge in [0.2, 0.25) is 0 Å². The zero-order chi connectivity index (χ0) is 11.2. The summed E-state index contributed by atoms with van der Waals surface area (Å²) in [5, 5.41) is 0. The van der Waals surface area contributed by atoms with Crippen molar-refractivity contribution in [2.24, 2.45) is 5.90 Å². The van der Waals surface area contributed by atoms with Crippen molar-refractivity contribution in [1.82, 2.24) is 0 Å². The highest BCUT2D eigenvalue weighted by Crippen LogP contribution is 2.19. The molecular formula is C14H15NO. The topological polar surface area (TPSA) is 35.2 Å². The smallest absolute Gasteiger partial charge is 0.0719 e. The molecule has 0 fully saturated rings. The summed E-state index contributed by atoms with van der Waals surface area (Å²) in [6, 6.07) is 18.8. The van der Waals surface area contributed by atoms with Crippen molar-refractivity contribution in [2.75, 3.05) is 6.61 Å². The number of rotatable bonds is 4. The van der Waals surface area contributed by atoms with E-state index in [9.17, 15) is 0 Å². The molecule has 2 nitrogen and oxygen atoms in total. The molecule has 0 bridgehead atoms. The first-order valence-corrected chi connectivity index (χ1v) is 5.36. The van der Waals surface area contributed by atoms with Crippen LogP contribution < -0.4 is 5.90 Å². The molecule has 0 atom stereocenters. The lowest BCUT2D eigenvalue weighted by Crippen LogP contribution is -2.03. The Labute approximate surface area is 95.6 Å². The molecule has 2 heteroatoms. The summed E-state index contributed by atoms with van der Waals surface area (Å²) >= 11 is 0. The number of hydrogen-bond donors (Lipinski definition) is 1. The zero-order valence-electron chi connectivity index (χ0n) is 9.10. The van der Waals surface area contributed by atoms with Gasteiger partial charge in [-0.05, 0) is 23.1 Å². The molecule has 0 amide bonds. The molecule has 0 spiro atoms. The van der Waals surface area contributed by atoms with Crippen molar-refractivity contribution < 1.29 is 4.84 Å². The molecule has 0 saturated heterocycles. The normalized spacial score (nSPS) is 10.3. The Kier molecular flexibility index (Phi) is 3.70. The summed E-state index contributed by atoms with van der Waals surface area (Å²) in [4.78, 5) is 4.56. The highest BCUT2D eigenvalue weighted by atomic mass is 16.6. The molecule has 2 aromatic carbocycles. The van der Waals surface area contributed by atoms with Crippen LogP contribution in [0.3, 0.4) is 0 Å². The first-order chi connectivity index (χ1) is 7.90. The summed E-state index contributed by atoms with van der Waals surface area (Å²) in [5.41, 5.74) is 3.72. The van der Waals surface area contributed by atoms with E-state index in [1.165, 1.54) is 16.7 Å². The summed E-state index contributed by atoms with van der Waals surface area (Å²) in [5.74, 6) is 5.00. The Balaban J connectivity index is 2.13. The van der Waals surface area contributed by atoms with Crippen LogP contribution in [0, 0.1) is 0 Å². The van der Waals surface area contributed by atoms with E-state index >= 15 is 0 Å². The Bertz CT molecular complexity index is 422. The lowest BCUT2D eigenvalue weighted by Gasteiger charge is -2.03. The Hall–Kier alpha value is -1.64. The van der Waals surface area contributed by atoms with Gasteiger partial charge in [-0.1, -0.05) is 54.6 Å². The fourth-order valence-electron chi connectivity index (χ4n) is 1.67. The summed E-state index contributed by atoms with van der Waals surface area (Å²) in [6.07, 6.45) is 0.853. The van der Waals surface area contributed by atoms with Crippen molar-refractivity contribution in [2.45, 2.75) is 6.42 Å². The first kappa shape index (κ1) is 10.9. The molecule has 2 N–H and O–H groups in total. The van der Waals surface area contributed by atoms with E-state index in [4.69, 9.17) is 5.90 Å². The van der Waals surface area contributed by atoms with Gasteiger partial charge in [0, 0.05) is 0 Å². The Morgan fingerprint density at radius 3 is 2.06 bits per heavy atom. The molecule has 82 valence electrons. The number of nitrogens with two attached hydrogens (primary N) is 1. The summed E-state index contributed by atoms with van der Waals surface area (Å²) in [6.45, 7) is 0.560. The van der Waals surface area contributed by atoms with Gasteiger partial charge in [-0.15, -0.1) is 0 Å². The molecule has 0 aromatic heterocycles. The van der Waals surface area contributed by atoms with Crippen LogP contribution in [0.5, 0.6) is 0 Å². The monoisotopic (exact) mass is 213 g/mol. The van der Waals surface area contributed by atoms with Crippen molar-refractivity contribution in [3.8, 4) is 11.1 Å². The van der Waals surface area contributed by atoms with Gasteiger partial charge in [-0.2, -0.15) is 0 Å². The fraction of sp³-hybridized carbons (Fsp3) is 0.143. The van der Waals surface area contributed by atoms with Gasteiger partial charge in [-0.3, -0.25) is 0 Å². The molecule has 0 saturated carbocycles. The third kappa shape index (κ3) is 2.69. The van der Waals surface area contributed by atoms with Gasteiger partial charge in [0.1, 0.15) is 0 Å². The van der Waals surface area contributed by atoms with Crippen molar-refractivity contribution >= 4 is 0 Å². The van der Waals surface area contributed by atoms with E-state index in [0.717, 1.165) is 6.42 Å². The third-order valence-electron chi connectivity index (χ3n) is 2.57. The second-order valence-electron chi connectivity index (χ2n) is 3.68. The maximum Gasteiger partial charge on any atom is 0.0719 e. The minimum atomic E-state index is 0.560.